The third kappa shape index (κ3) is 5.92. The zero-order valence-corrected chi connectivity index (χ0v) is 5.07. The van der Waals surface area contributed by atoms with Gasteiger partial charge in [-0.3, -0.25) is 0 Å². The van der Waals surface area contributed by atoms with Crippen molar-refractivity contribution < 1.29 is 0 Å². The first kappa shape index (κ1) is 6.92. The Bertz CT molecular complexity index is 35.1. The molecule has 0 spiro atoms. The Hall–Kier alpha value is -0.0800. The van der Waals surface area contributed by atoms with Gasteiger partial charge in [-0.1, -0.05) is 6.42 Å². The summed E-state index contributed by atoms with van der Waals surface area (Å²) in [6.45, 7) is 1.60. The molecule has 0 aliphatic rings. The Morgan fingerprint density at radius 2 is 2.00 bits per heavy atom. The fourth-order valence-electron chi connectivity index (χ4n) is 0.395. The van der Waals surface area contributed by atoms with E-state index < -0.39 is 0 Å². The van der Waals surface area contributed by atoms with E-state index in [1.165, 1.54) is 0 Å². The molecule has 0 aliphatic carbocycles. The molecule has 0 fully saturated rings. The van der Waals surface area contributed by atoms with Crippen LogP contribution in [-0.4, -0.2) is 32.1 Å². The highest BCUT2D eigenvalue weighted by molar-refractivity contribution is 4.52. The highest BCUT2D eigenvalue weighted by Crippen LogP contribution is 1.80. The van der Waals surface area contributed by atoms with Crippen molar-refractivity contribution in [1.29, 1.82) is 0 Å². The number of nitrogens with zero attached hydrogens (tertiary/aromatic N) is 1. The fraction of sp³-hybridized carbons (Fsp3) is 1.00. The highest BCUT2D eigenvalue weighted by Gasteiger charge is 1.81. The predicted molar refractivity (Wildman–Crippen MR) is 32.4 cm³/mol. The lowest BCUT2D eigenvalue weighted by Crippen LogP contribution is -2.13. The van der Waals surface area contributed by atoms with Crippen LogP contribution in [0.25, 0.3) is 5.73 Å². The number of hydrogen-bond acceptors (Lipinski definition) is 1. The van der Waals surface area contributed by atoms with Crippen LogP contribution < -0.4 is 0 Å². The van der Waals surface area contributed by atoms with Crippen LogP contribution in [0.2, 0.25) is 0 Å². The minimum Gasteiger partial charge on any atom is -0.677 e. The summed E-state index contributed by atoms with van der Waals surface area (Å²) in [6.07, 6.45) is 0.993. The van der Waals surface area contributed by atoms with Crippen molar-refractivity contribution in [2.45, 2.75) is 6.42 Å². The molecule has 44 valence electrons. The topological polar surface area (TPSA) is 27.0 Å². The molecule has 0 saturated carbocycles. The van der Waals surface area contributed by atoms with E-state index in [1.54, 1.807) is 0 Å². The third-order valence-corrected chi connectivity index (χ3v) is 0.782. The van der Waals surface area contributed by atoms with Crippen LogP contribution >= 0.6 is 0 Å². The molecular weight excluding hydrogens is 88.1 g/mol. The summed E-state index contributed by atoms with van der Waals surface area (Å²) in [5.74, 6) is 0. The highest BCUT2D eigenvalue weighted by atomic mass is 15.0. The first-order chi connectivity index (χ1) is 3.27. The second-order valence-electron chi connectivity index (χ2n) is 1.91. The molecule has 0 amide bonds. The van der Waals surface area contributed by atoms with Crippen LogP contribution in [0, 0.1) is 0 Å². The van der Waals surface area contributed by atoms with Gasteiger partial charge in [-0.25, -0.2) is 0 Å². The lowest BCUT2D eigenvalue weighted by molar-refractivity contribution is 0.407. The van der Waals surface area contributed by atoms with Crippen molar-refractivity contribution in [2.24, 2.45) is 0 Å². The first-order valence-corrected chi connectivity index (χ1v) is 2.56. The van der Waals surface area contributed by atoms with Crippen LogP contribution in [0.4, 0.5) is 0 Å². The van der Waals surface area contributed by atoms with Gasteiger partial charge in [0.1, 0.15) is 0 Å². The molecule has 0 atom stereocenters. The second kappa shape index (κ2) is 4.09. The smallest absolute Gasteiger partial charge is 0.00413 e. The molecule has 0 saturated heterocycles. The zero-order chi connectivity index (χ0) is 5.70. The van der Waals surface area contributed by atoms with Crippen molar-refractivity contribution in [3.05, 3.63) is 5.73 Å². The molecule has 0 aliphatic heterocycles. The zero-order valence-electron chi connectivity index (χ0n) is 5.07. The summed E-state index contributed by atoms with van der Waals surface area (Å²) >= 11 is 0. The van der Waals surface area contributed by atoms with Crippen LogP contribution in [0.1, 0.15) is 6.42 Å². The second-order valence-corrected chi connectivity index (χ2v) is 1.91. The summed E-state index contributed by atoms with van der Waals surface area (Å²) in [7, 11) is 4.05. The van der Waals surface area contributed by atoms with E-state index in [2.05, 4.69) is 4.90 Å². The number of rotatable bonds is 3. The molecule has 2 heteroatoms. The number of nitrogens with one attached hydrogen (secondary N) is 1. The van der Waals surface area contributed by atoms with Gasteiger partial charge in [-0.2, -0.15) is 0 Å². The van der Waals surface area contributed by atoms with Crippen LogP contribution in [0.15, 0.2) is 0 Å². The van der Waals surface area contributed by atoms with E-state index in [1.807, 2.05) is 14.1 Å². The predicted octanol–water partition coefficient (Wildman–Crippen LogP) is 0.990. The Balaban J connectivity index is 2.68. The van der Waals surface area contributed by atoms with E-state index in [4.69, 9.17) is 5.73 Å². The van der Waals surface area contributed by atoms with E-state index in [0.29, 0.717) is 6.54 Å². The van der Waals surface area contributed by atoms with E-state index in [9.17, 15) is 0 Å². The van der Waals surface area contributed by atoms with Crippen molar-refractivity contribution in [1.82, 2.24) is 4.90 Å². The molecule has 0 heterocycles. The minimum atomic E-state index is 0.554. The first-order valence-electron chi connectivity index (χ1n) is 2.56. The van der Waals surface area contributed by atoms with Crippen molar-refractivity contribution in [3.63, 3.8) is 0 Å². The molecule has 0 aromatic rings. The monoisotopic (exact) mass is 101 g/mol. The van der Waals surface area contributed by atoms with Gasteiger partial charge in [-0.05, 0) is 20.6 Å². The van der Waals surface area contributed by atoms with Crippen molar-refractivity contribution >= 4 is 0 Å². The van der Waals surface area contributed by atoms with Gasteiger partial charge in [0.2, 0.25) is 0 Å². The van der Waals surface area contributed by atoms with Crippen LogP contribution in [0.3, 0.4) is 0 Å². The summed E-state index contributed by atoms with van der Waals surface area (Å²) < 4.78 is 0. The fourth-order valence-corrected chi connectivity index (χ4v) is 0.395. The van der Waals surface area contributed by atoms with Gasteiger partial charge in [0.25, 0.3) is 0 Å². The summed E-state index contributed by atoms with van der Waals surface area (Å²) in [4.78, 5) is 2.09. The molecule has 0 rings (SSSR count). The molecule has 0 bridgehead atoms. The largest absolute Gasteiger partial charge is 0.677 e. The summed E-state index contributed by atoms with van der Waals surface area (Å²) in [5, 5.41) is 0. The van der Waals surface area contributed by atoms with Crippen molar-refractivity contribution in [2.75, 3.05) is 27.2 Å². The van der Waals surface area contributed by atoms with Crippen molar-refractivity contribution in [3.8, 4) is 0 Å². The average Bonchev–Trinajstić information content (AvgIpc) is 1.61. The maximum atomic E-state index is 6.77. The lowest BCUT2D eigenvalue weighted by atomic mass is 10.4. The minimum absolute atomic E-state index is 0.554. The summed E-state index contributed by atoms with van der Waals surface area (Å²) in [5.41, 5.74) is 6.77. The molecule has 0 aromatic carbocycles. The van der Waals surface area contributed by atoms with Gasteiger partial charge in [-0.15, -0.1) is 6.54 Å². The molecule has 7 heavy (non-hydrogen) atoms. The lowest BCUT2D eigenvalue weighted by Gasteiger charge is -2.08. The van der Waals surface area contributed by atoms with Gasteiger partial charge >= 0.3 is 0 Å². The molecule has 0 unspecified atom stereocenters. The average molecular weight is 101 g/mol. The molecule has 0 radical (unpaired) electrons. The summed E-state index contributed by atoms with van der Waals surface area (Å²) in [6, 6.07) is 0. The van der Waals surface area contributed by atoms with E-state index in [0.717, 1.165) is 13.0 Å². The van der Waals surface area contributed by atoms with Gasteiger partial charge in [0.05, 0.1) is 0 Å². The Morgan fingerprint density at radius 3 is 2.14 bits per heavy atom. The maximum absolute atomic E-state index is 6.77. The Labute approximate surface area is 45.3 Å². The van der Waals surface area contributed by atoms with Gasteiger partial charge < -0.3 is 10.6 Å². The molecular formula is C5H13N2-. The quantitative estimate of drug-likeness (QED) is 0.520. The number of hydrogen-bond donors (Lipinski definition) is 0. The molecule has 1 N–H and O–H groups in total. The maximum Gasteiger partial charge on any atom is -0.00413 e. The Kier molecular flexibility index (Phi) is 4.04. The molecule has 0 aromatic heterocycles. The van der Waals surface area contributed by atoms with E-state index >= 15 is 0 Å². The molecule has 2 nitrogen and oxygen atoms in total. The van der Waals surface area contributed by atoms with Crippen LogP contribution in [-0.2, 0) is 0 Å². The third-order valence-electron chi connectivity index (χ3n) is 0.782. The van der Waals surface area contributed by atoms with Crippen LogP contribution in [0.5, 0.6) is 0 Å². The normalized spacial score (nSPS) is 10.3. The van der Waals surface area contributed by atoms with E-state index in [-0.39, 0.29) is 0 Å². The SMILES string of the molecule is CN(C)CCC[NH-]. The van der Waals surface area contributed by atoms with Gasteiger partial charge in [0, 0.05) is 0 Å². The standard InChI is InChI=1S/C5H13N2/c1-7(2)5-3-4-6/h6H,3-5H2,1-2H3/q-1. The Morgan fingerprint density at radius 1 is 1.43 bits per heavy atom. The van der Waals surface area contributed by atoms with Gasteiger partial charge in [0.15, 0.2) is 0 Å².